The Morgan fingerprint density at radius 3 is 2.61 bits per heavy atom. The molecule has 2 unspecified atom stereocenters. The summed E-state index contributed by atoms with van der Waals surface area (Å²) in [5.74, 6) is -0.273. The van der Waals surface area contributed by atoms with Gasteiger partial charge in [0.25, 0.3) is 11.8 Å². The van der Waals surface area contributed by atoms with Crippen LogP contribution in [-0.2, 0) is 0 Å². The lowest BCUT2D eigenvalue weighted by Gasteiger charge is -2.36. The number of hydrogen-bond acceptors (Lipinski definition) is 4. The number of aliphatic hydroxyl groups is 1. The lowest BCUT2D eigenvalue weighted by molar-refractivity contribution is 0.0315. The van der Waals surface area contributed by atoms with Crippen LogP contribution in [0.25, 0.3) is 0 Å². The fourth-order valence-corrected chi connectivity index (χ4v) is 3.33. The molecule has 1 fully saturated rings. The van der Waals surface area contributed by atoms with Crippen molar-refractivity contribution in [3.63, 3.8) is 0 Å². The van der Waals surface area contributed by atoms with Crippen molar-refractivity contribution >= 4 is 23.2 Å². The van der Waals surface area contributed by atoms with Gasteiger partial charge in [0.15, 0.2) is 0 Å². The second-order valence-electron chi connectivity index (χ2n) is 5.57. The van der Waals surface area contributed by atoms with Crippen LogP contribution in [0.2, 0.25) is 0 Å². The van der Waals surface area contributed by atoms with Crippen LogP contribution in [0.4, 0.5) is 0 Å². The van der Waals surface area contributed by atoms with E-state index in [0.29, 0.717) is 24.1 Å². The second kappa shape index (κ2) is 6.93. The molecule has 5 nitrogen and oxygen atoms in total. The fourth-order valence-electron chi connectivity index (χ4n) is 2.69. The molecule has 6 heteroatoms. The summed E-state index contributed by atoms with van der Waals surface area (Å²) in [6.45, 7) is 0.738. The van der Waals surface area contributed by atoms with Crippen LogP contribution in [0.5, 0.6) is 0 Å². The Bertz CT molecular complexity index is 672. The Morgan fingerprint density at radius 1 is 1.17 bits per heavy atom. The Kier molecular flexibility index (Phi) is 4.73. The number of likely N-dealkylation sites (tertiary alicyclic amines) is 1. The zero-order chi connectivity index (χ0) is 16.2. The third-order valence-corrected chi connectivity index (χ3v) is 4.67. The van der Waals surface area contributed by atoms with Gasteiger partial charge < -0.3 is 15.3 Å². The van der Waals surface area contributed by atoms with Gasteiger partial charge in [0.2, 0.25) is 0 Å². The molecule has 1 aromatic heterocycles. The Labute approximate surface area is 138 Å². The molecule has 1 aliphatic rings. The van der Waals surface area contributed by atoms with E-state index < -0.39 is 6.10 Å². The molecule has 0 saturated carbocycles. The number of thiophene rings is 1. The molecule has 2 amide bonds. The standard InChI is InChI=1S/C17H18N2O3S/c20-15-10-19(17(22)12-4-2-1-3-5-12)8-6-14(15)18-16(21)13-7-9-23-11-13/h1-5,7,9,11,14-15,20H,6,8,10H2,(H,18,21). The lowest BCUT2D eigenvalue weighted by Crippen LogP contribution is -2.55. The minimum atomic E-state index is -0.765. The zero-order valence-corrected chi connectivity index (χ0v) is 13.3. The molecule has 2 aromatic rings. The summed E-state index contributed by atoms with van der Waals surface area (Å²) in [5.41, 5.74) is 1.21. The predicted octanol–water partition coefficient (Wildman–Crippen LogP) is 1.75. The highest BCUT2D eigenvalue weighted by atomic mass is 32.1. The summed E-state index contributed by atoms with van der Waals surface area (Å²) in [4.78, 5) is 26.1. The maximum absolute atomic E-state index is 12.4. The molecule has 1 aromatic carbocycles. The monoisotopic (exact) mass is 330 g/mol. The van der Waals surface area contributed by atoms with Crippen LogP contribution in [-0.4, -0.2) is 47.1 Å². The average Bonchev–Trinajstić information content (AvgIpc) is 3.11. The molecule has 0 aliphatic carbocycles. The van der Waals surface area contributed by atoms with Gasteiger partial charge in [-0.15, -0.1) is 0 Å². The van der Waals surface area contributed by atoms with Crippen LogP contribution in [0, 0.1) is 0 Å². The van der Waals surface area contributed by atoms with Gasteiger partial charge in [-0.25, -0.2) is 0 Å². The van der Waals surface area contributed by atoms with E-state index >= 15 is 0 Å². The van der Waals surface area contributed by atoms with Crippen molar-refractivity contribution in [1.82, 2.24) is 10.2 Å². The first kappa shape index (κ1) is 15.7. The number of β-amino-alcohol motifs (C(OH)–C–C–N with tert-alkyl or cyclic N) is 1. The van der Waals surface area contributed by atoms with E-state index in [4.69, 9.17) is 0 Å². The number of hydrogen-bond donors (Lipinski definition) is 2. The van der Waals surface area contributed by atoms with Gasteiger partial charge in [-0.3, -0.25) is 9.59 Å². The molecule has 3 rings (SSSR count). The third-order valence-electron chi connectivity index (χ3n) is 3.99. The Balaban J connectivity index is 1.59. The lowest BCUT2D eigenvalue weighted by atomic mass is 10.0. The number of nitrogens with zero attached hydrogens (tertiary/aromatic N) is 1. The highest BCUT2D eigenvalue weighted by Crippen LogP contribution is 2.16. The van der Waals surface area contributed by atoms with Crippen LogP contribution in [0.15, 0.2) is 47.2 Å². The average molecular weight is 330 g/mol. The molecule has 0 bridgehead atoms. The number of carbonyl (C=O) groups is 2. The normalized spacial score (nSPS) is 21.0. The Hall–Kier alpha value is -2.18. The van der Waals surface area contributed by atoms with E-state index in [2.05, 4.69) is 5.32 Å². The van der Waals surface area contributed by atoms with E-state index in [1.165, 1.54) is 11.3 Å². The van der Waals surface area contributed by atoms with Gasteiger partial charge in [0.1, 0.15) is 0 Å². The molecular formula is C17H18N2O3S. The first-order valence-corrected chi connectivity index (χ1v) is 8.45. The number of benzene rings is 1. The van der Waals surface area contributed by atoms with Crippen LogP contribution < -0.4 is 5.32 Å². The molecule has 0 radical (unpaired) electrons. The topological polar surface area (TPSA) is 69.6 Å². The number of amides is 2. The number of carbonyl (C=O) groups excluding carboxylic acids is 2. The van der Waals surface area contributed by atoms with E-state index in [0.717, 1.165) is 0 Å². The van der Waals surface area contributed by atoms with Gasteiger partial charge in [0.05, 0.1) is 12.1 Å². The quantitative estimate of drug-likeness (QED) is 0.901. The molecule has 2 atom stereocenters. The van der Waals surface area contributed by atoms with E-state index in [1.54, 1.807) is 28.5 Å². The number of aliphatic hydroxyl groups excluding tert-OH is 1. The van der Waals surface area contributed by atoms with Gasteiger partial charge in [-0.05, 0) is 30.0 Å². The third kappa shape index (κ3) is 3.60. The van der Waals surface area contributed by atoms with Gasteiger partial charge in [-0.1, -0.05) is 18.2 Å². The summed E-state index contributed by atoms with van der Waals surface area (Å²) in [6, 6.07) is 10.4. The zero-order valence-electron chi connectivity index (χ0n) is 12.5. The molecule has 1 aliphatic heterocycles. The number of rotatable bonds is 3. The highest BCUT2D eigenvalue weighted by Gasteiger charge is 2.31. The predicted molar refractivity (Wildman–Crippen MR) is 88.5 cm³/mol. The molecular weight excluding hydrogens is 312 g/mol. The molecule has 0 spiro atoms. The van der Waals surface area contributed by atoms with E-state index in [9.17, 15) is 14.7 Å². The van der Waals surface area contributed by atoms with Crippen LogP contribution >= 0.6 is 11.3 Å². The minimum absolute atomic E-state index is 0.0905. The van der Waals surface area contributed by atoms with Gasteiger partial charge >= 0.3 is 0 Å². The smallest absolute Gasteiger partial charge is 0.253 e. The molecule has 2 N–H and O–H groups in total. The first-order chi connectivity index (χ1) is 11.1. The first-order valence-electron chi connectivity index (χ1n) is 7.50. The summed E-state index contributed by atoms with van der Waals surface area (Å²) in [6.07, 6.45) is -0.227. The van der Waals surface area contributed by atoms with E-state index in [1.807, 2.05) is 23.6 Å². The van der Waals surface area contributed by atoms with Gasteiger partial charge in [0, 0.05) is 29.6 Å². The molecule has 120 valence electrons. The van der Waals surface area contributed by atoms with Crippen molar-refractivity contribution in [2.24, 2.45) is 0 Å². The second-order valence-corrected chi connectivity index (χ2v) is 6.35. The Morgan fingerprint density at radius 2 is 1.96 bits per heavy atom. The van der Waals surface area contributed by atoms with Crippen molar-refractivity contribution in [2.75, 3.05) is 13.1 Å². The molecule has 2 heterocycles. The number of nitrogens with one attached hydrogen (secondary N) is 1. The van der Waals surface area contributed by atoms with Crippen molar-refractivity contribution < 1.29 is 14.7 Å². The van der Waals surface area contributed by atoms with Crippen molar-refractivity contribution in [2.45, 2.75) is 18.6 Å². The maximum atomic E-state index is 12.4. The number of piperidine rings is 1. The fraction of sp³-hybridized carbons (Fsp3) is 0.294. The summed E-state index contributed by atoms with van der Waals surface area (Å²) < 4.78 is 0. The summed E-state index contributed by atoms with van der Waals surface area (Å²) >= 11 is 1.46. The van der Waals surface area contributed by atoms with Crippen molar-refractivity contribution in [1.29, 1.82) is 0 Å². The highest BCUT2D eigenvalue weighted by molar-refractivity contribution is 7.08. The minimum Gasteiger partial charge on any atom is -0.389 e. The van der Waals surface area contributed by atoms with Crippen LogP contribution in [0.1, 0.15) is 27.1 Å². The van der Waals surface area contributed by atoms with Crippen molar-refractivity contribution in [3.8, 4) is 0 Å². The molecule has 23 heavy (non-hydrogen) atoms. The molecule has 1 saturated heterocycles. The van der Waals surface area contributed by atoms with Gasteiger partial charge in [-0.2, -0.15) is 11.3 Å². The summed E-state index contributed by atoms with van der Waals surface area (Å²) in [7, 11) is 0. The van der Waals surface area contributed by atoms with E-state index in [-0.39, 0.29) is 24.4 Å². The largest absolute Gasteiger partial charge is 0.389 e. The SMILES string of the molecule is O=C(NC1CCN(C(=O)c2ccccc2)CC1O)c1ccsc1. The van der Waals surface area contributed by atoms with Crippen LogP contribution in [0.3, 0.4) is 0 Å². The summed E-state index contributed by atoms with van der Waals surface area (Å²) in [5, 5.41) is 16.7. The van der Waals surface area contributed by atoms with Crippen molar-refractivity contribution in [3.05, 3.63) is 58.3 Å². The maximum Gasteiger partial charge on any atom is 0.253 e.